The van der Waals surface area contributed by atoms with Crippen molar-refractivity contribution in [3.05, 3.63) is 24.0 Å². The van der Waals surface area contributed by atoms with Gasteiger partial charge in [0.05, 0.1) is 11.0 Å². The summed E-state index contributed by atoms with van der Waals surface area (Å²) in [6.45, 7) is 0. The van der Waals surface area contributed by atoms with Gasteiger partial charge in [-0.05, 0) is 12.1 Å². The van der Waals surface area contributed by atoms with Crippen molar-refractivity contribution in [1.82, 2.24) is 9.97 Å². The maximum Gasteiger partial charge on any atom is 0.449 e. The number of nitrogens with one attached hydrogen (secondary N) is 1. The molecule has 1 heterocycles. The van der Waals surface area contributed by atoms with E-state index in [-0.39, 0.29) is 11.0 Å². The molecule has 0 aliphatic heterocycles. The number of aromatic amines is 1. The Morgan fingerprint density at radius 3 is 2.40 bits per heavy atom. The summed E-state index contributed by atoms with van der Waals surface area (Å²) in [5.74, 6) is -1.88. The normalized spacial score (nSPS) is 15.6. The van der Waals surface area contributed by atoms with Crippen LogP contribution in [0.25, 0.3) is 11.0 Å². The van der Waals surface area contributed by atoms with E-state index in [0.29, 0.717) is 0 Å². The van der Waals surface area contributed by atoms with Crippen molar-refractivity contribution >= 4 is 11.0 Å². The zero-order valence-corrected chi connectivity index (χ0v) is 9.38. The van der Waals surface area contributed by atoms with Gasteiger partial charge in [0, 0.05) is 6.07 Å². The summed E-state index contributed by atoms with van der Waals surface area (Å²) in [6, 6.07) is -1.53. The van der Waals surface area contributed by atoms with Crippen molar-refractivity contribution in [2.45, 2.75) is 18.6 Å². The number of benzene rings is 1. The Balaban J connectivity index is 2.35. The van der Waals surface area contributed by atoms with Crippen LogP contribution in [0.3, 0.4) is 0 Å². The average molecular weight is 300 g/mol. The molecule has 1 aromatic heterocycles. The lowest BCUT2D eigenvalue weighted by Gasteiger charge is -2.18. The van der Waals surface area contributed by atoms with Gasteiger partial charge in [-0.15, -0.1) is 0 Å². The monoisotopic (exact) mass is 300 g/mol. The topological polar surface area (TPSA) is 58.1 Å². The van der Waals surface area contributed by atoms with Crippen molar-refractivity contribution < 1.29 is 36.2 Å². The second kappa shape index (κ2) is 4.54. The minimum atomic E-state index is -4.72. The number of halogens is 6. The Kier molecular flexibility index (Phi) is 3.28. The van der Waals surface area contributed by atoms with Gasteiger partial charge in [0.15, 0.2) is 0 Å². The van der Waals surface area contributed by atoms with Crippen LogP contribution in [0, 0.1) is 0 Å². The Morgan fingerprint density at radius 2 is 1.85 bits per heavy atom. The van der Waals surface area contributed by atoms with E-state index in [9.17, 15) is 26.3 Å². The Labute approximate surface area is 107 Å². The SMILES string of the molecule is OC(F)(Oc1ccc2nc(C(F)(F)F)[nH]c2c1)C(F)F. The second-order valence-corrected chi connectivity index (χ2v) is 3.77. The fourth-order valence-electron chi connectivity index (χ4n) is 1.40. The molecule has 2 aromatic rings. The van der Waals surface area contributed by atoms with Gasteiger partial charge in [-0.25, -0.2) is 4.98 Å². The number of fused-ring (bicyclic) bond motifs is 1. The average Bonchev–Trinajstić information content (AvgIpc) is 2.70. The molecule has 0 saturated heterocycles. The van der Waals surface area contributed by atoms with E-state index in [0.717, 1.165) is 18.2 Å². The molecule has 10 heteroatoms. The highest BCUT2D eigenvalue weighted by Crippen LogP contribution is 2.31. The molecule has 1 aromatic carbocycles. The molecule has 2 rings (SSSR count). The first-order chi connectivity index (χ1) is 9.09. The number of aliphatic hydroxyl groups is 1. The third kappa shape index (κ3) is 2.79. The van der Waals surface area contributed by atoms with Crippen molar-refractivity contribution in [1.29, 1.82) is 0 Å². The lowest BCUT2D eigenvalue weighted by molar-refractivity contribution is -0.302. The molecule has 0 fully saturated rings. The van der Waals surface area contributed by atoms with Crippen LogP contribution in [-0.4, -0.2) is 27.5 Å². The molecular formula is C10H6F6N2O2. The summed E-state index contributed by atoms with van der Waals surface area (Å²) >= 11 is 0. The maximum atomic E-state index is 12.9. The molecule has 0 saturated carbocycles. The third-order valence-electron chi connectivity index (χ3n) is 2.25. The first kappa shape index (κ1) is 14.4. The van der Waals surface area contributed by atoms with Gasteiger partial charge < -0.3 is 14.8 Å². The Bertz CT molecular complexity index is 622. The highest BCUT2D eigenvalue weighted by Gasteiger charge is 2.41. The number of alkyl halides is 6. The summed E-state index contributed by atoms with van der Waals surface area (Å²) in [4.78, 5) is 5.10. The highest BCUT2D eigenvalue weighted by molar-refractivity contribution is 5.76. The molecule has 0 bridgehead atoms. The van der Waals surface area contributed by atoms with Gasteiger partial charge in [0.2, 0.25) is 5.82 Å². The lowest BCUT2D eigenvalue weighted by atomic mass is 10.3. The third-order valence-corrected chi connectivity index (χ3v) is 2.25. The minimum Gasteiger partial charge on any atom is -0.432 e. The van der Waals surface area contributed by atoms with Crippen LogP contribution >= 0.6 is 0 Å². The number of H-pyrrole nitrogens is 1. The minimum absolute atomic E-state index is 0.121. The fraction of sp³-hybridized carbons (Fsp3) is 0.300. The number of rotatable bonds is 3. The summed E-state index contributed by atoms with van der Waals surface area (Å²) in [7, 11) is 0. The molecule has 0 aliphatic carbocycles. The predicted molar refractivity (Wildman–Crippen MR) is 53.8 cm³/mol. The Hall–Kier alpha value is -1.97. The van der Waals surface area contributed by atoms with Gasteiger partial charge in [-0.1, -0.05) is 0 Å². The van der Waals surface area contributed by atoms with Gasteiger partial charge in [0.1, 0.15) is 5.75 Å². The first-order valence-corrected chi connectivity index (χ1v) is 5.05. The number of ether oxygens (including phenoxy) is 1. The molecule has 4 nitrogen and oxygen atoms in total. The quantitative estimate of drug-likeness (QED) is 0.677. The lowest BCUT2D eigenvalue weighted by Crippen LogP contribution is -2.38. The summed E-state index contributed by atoms with van der Waals surface area (Å²) in [5, 5.41) is 8.61. The number of aromatic nitrogens is 2. The van der Waals surface area contributed by atoms with E-state index in [1.807, 2.05) is 4.98 Å². The largest absolute Gasteiger partial charge is 0.449 e. The van der Waals surface area contributed by atoms with Gasteiger partial charge >= 0.3 is 18.6 Å². The number of nitrogens with zero attached hydrogens (tertiary/aromatic N) is 1. The molecule has 20 heavy (non-hydrogen) atoms. The van der Waals surface area contributed by atoms with Gasteiger partial charge in [-0.2, -0.15) is 26.3 Å². The smallest absolute Gasteiger partial charge is 0.432 e. The van der Waals surface area contributed by atoms with Crippen LogP contribution < -0.4 is 4.74 Å². The molecule has 0 radical (unpaired) electrons. The maximum absolute atomic E-state index is 12.9. The van der Waals surface area contributed by atoms with Crippen LogP contribution in [0.4, 0.5) is 26.3 Å². The Morgan fingerprint density at radius 1 is 1.20 bits per heavy atom. The summed E-state index contributed by atoms with van der Waals surface area (Å²) in [5.41, 5.74) is -0.330. The summed E-state index contributed by atoms with van der Waals surface area (Å²) in [6.07, 6.45) is -8.56. The standard InChI is InChI=1S/C10H6F6N2O2/c11-7(12)10(16,19)20-4-1-2-5-6(3-4)18-8(17-5)9(13,14)15/h1-3,7,19H,(H,17,18). The van der Waals surface area contributed by atoms with Crippen molar-refractivity contribution in [2.75, 3.05) is 0 Å². The zero-order chi connectivity index (χ0) is 15.1. The van der Waals surface area contributed by atoms with Crippen LogP contribution in [-0.2, 0) is 6.18 Å². The van der Waals surface area contributed by atoms with Gasteiger partial charge in [0.25, 0.3) is 0 Å². The molecular weight excluding hydrogens is 294 g/mol. The van der Waals surface area contributed by atoms with Crippen LogP contribution in [0.1, 0.15) is 5.82 Å². The summed E-state index contributed by atoms with van der Waals surface area (Å²) < 4.78 is 78.1. The zero-order valence-electron chi connectivity index (χ0n) is 9.38. The fourth-order valence-corrected chi connectivity index (χ4v) is 1.40. The second-order valence-electron chi connectivity index (χ2n) is 3.77. The molecule has 110 valence electrons. The van der Waals surface area contributed by atoms with Crippen molar-refractivity contribution in [3.63, 3.8) is 0 Å². The molecule has 1 unspecified atom stereocenters. The van der Waals surface area contributed by atoms with Crippen LogP contribution in [0.15, 0.2) is 18.2 Å². The number of imidazole rings is 1. The molecule has 2 N–H and O–H groups in total. The molecule has 1 atom stereocenters. The van der Waals surface area contributed by atoms with Crippen molar-refractivity contribution in [3.8, 4) is 5.75 Å². The van der Waals surface area contributed by atoms with E-state index in [1.54, 1.807) is 0 Å². The highest BCUT2D eigenvalue weighted by atomic mass is 19.4. The van der Waals surface area contributed by atoms with Gasteiger partial charge in [-0.3, -0.25) is 0 Å². The van der Waals surface area contributed by atoms with E-state index >= 15 is 0 Å². The van der Waals surface area contributed by atoms with E-state index in [1.165, 1.54) is 0 Å². The predicted octanol–water partition coefficient (Wildman–Crippen LogP) is 2.84. The van der Waals surface area contributed by atoms with Crippen LogP contribution in [0.5, 0.6) is 5.75 Å². The molecule has 0 amide bonds. The number of hydrogen-bond acceptors (Lipinski definition) is 3. The first-order valence-electron chi connectivity index (χ1n) is 5.05. The number of hydrogen-bond donors (Lipinski definition) is 2. The van der Waals surface area contributed by atoms with Crippen molar-refractivity contribution in [2.24, 2.45) is 0 Å². The molecule has 0 aliphatic rings. The van der Waals surface area contributed by atoms with E-state index < -0.39 is 30.2 Å². The van der Waals surface area contributed by atoms with Crippen LogP contribution in [0.2, 0.25) is 0 Å². The van der Waals surface area contributed by atoms with E-state index in [4.69, 9.17) is 5.11 Å². The molecule has 0 spiro atoms. The van der Waals surface area contributed by atoms with E-state index in [2.05, 4.69) is 9.72 Å².